The number of para-hydroxylation sites is 1. The van der Waals surface area contributed by atoms with E-state index in [9.17, 15) is 4.39 Å². The minimum Gasteiger partial charge on any atom is -0.492 e. The number of benzene rings is 2. The van der Waals surface area contributed by atoms with E-state index in [0.717, 1.165) is 41.7 Å². The lowest BCUT2D eigenvalue weighted by atomic mass is 9.87. The van der Waals surface area contributed by atoms with Crippen molar-refractivity contribution < 1.29 is 17.9 Å². The molecule has 0 spiro atoms. The van der Waals surface area contributed by atoms with Crippen molar-refractivity contribution in [3.63, 3.8) is 0 Å². The van der Waals surface area contributed by atoms with Crippen molar-refractivity contribution in [3.05, 3.63) is 64.9 Å². The molecule has 5 rings (SSSR count). The first-order valence-corrected chi connectivity index (χ1v) is 13.4. The number of halogens is 3. The van der Waals surface area contributed by atoms with E-state index in [1.54, 1.807) is 0 Å². The van der Waals surface area contributed by atoms with Gasteiger partial charge in [-0.1, -0.05) is 25.1 Å². The second-order valence-corrected chi connectivity index (χ2v) is 11.8. The Morgan fingerprint density at radius 1 is 1.14 bits per heavy atom. The van der Waals surface area contributed by atoms with E-state index >= 15 is 8.78 Å². The second kappa shape index (κ2) is 9.99. The molecule has 0 unspecified atom stereocenters. The van der Waals surface area contributed by atoms with Gasteiger partial charge in [-0.25, -0.2) is 13.2 Å². The zero-order valence-corrected chi connectivity index (χ0v) is 22.5. The Hall–Kier alpha value is -2.51. The van der Waals surface area contributed by atoms with Gasteiger partial charge in [-0.05, 0) is 64.6 Å². The molecule has 4 nitrogen and oxygen atoms in total. The van der Waals surface area contributed by atoms with Gasteiger partial charge in [-0.15, -0.1) is 0 Å². The van der Waals surface area contributed by atoms with E-state index < -0.39 is 23.3 Å². The Labute approximate surface area is 217 Å². The number of nitrogens with zero attached hydrogens (tertiary/aromatic N) is 2. The molecule has 200 valence electrons. The van der Waals surface area contributed by atoms with Gasteiger partial charge in [0.25, 0.3) is 0 Å². The Kier molecular flexibility index (Phi) is 7.05. The first-order valence-electron chi connectivity index (χ1n) is 13.4. The van der Waals surface area contributed by atoms with E-state index in [2.05, 4.69) is 23.7 Å². The number of rotatable bonds is 7. The van der Waals surface area contributed by atoms with Crippen LogP contribution in [0.2, 0.25) is 0 Å². The van der Waals surface area contributed by atoms with Crippen molar-refractivity contribution in [2.45, 2.75) is 71.3 Å². The molecular weight excluding hydrogens is 475 g/mol. The van der Waals surface area contributed by atoms with Crippen molar-refractivity contribution in [1.29, 1.82) is 0 Å². The third-order valence-electron chi connectivity index (χ3n) is 7.97. The molecule has 3 aromatic rings. The van der Waals surface area contributed by atoms with Gasteiger partial charge < -0.3 is 9.72 Å². The van der Waals surface area contributed by atoms with Gasteiger partial charge in [-0.3, -0.25) is 9.80 Å². The van der Waals surface area contributed by atoms with Crippen LogP contribution in [0.1, 0.15) is 63.9 Å². The lowest BCUT2D eigenvalue weighted by Gasteiger charge is -2.43. The number of alkyl halides is 1. The van der Waals surface area contributed by atoms with Crippen LogP contribution < -0.4 is 4.74 Å². The monoisotopic (exact) mass is 513 g/mol. The van der Waals surface area contributed by atoms with Crippen molar-refractivity contribution in [2.24, 2.45) is 5.92 Å². The van der Waals surface area contributed by atoms with Crippen LogP contribution in [-0.2, 0) is 6.42 Å². The topological polar surface area (TPSA) is 31.5 Å². The van der Waals surface area contributed by atoms with Gasteiger partial charge in [0.05, 0.1) is 6.04 Å². The molecule has 2 aliphatic rings. The summed E-state index contributed by atoms with van der Waals surface area (Å²) >= 11 is 0. The molecule has 3 heterocycles. The van der Waals surface area contributed by atoms with Crippen molar-refractivity contribution >= 4 is 10.9 Å². The highest BCUT2D eigenvalue weighted by atomic mass is 19.1. The molecule has 2 aliphatic heterocycles. The molecule has 4 atom stereocenters. The van der Waals surface area contributed by atoms with Gasteiger partial charge in [0.1, 0.15) is 29.7 Å². The van der Waals surface area contributed by atoms with E-state index in [-0.39, 0.29) is 29.9 Å². The SMILES string of the molecule is C[C@@H]1CCN([C@@H](C)COc2cc(F)c([C@@H]3c4[nH]c5ccccc5c4C[C@@H](C)N3CC(C)(C)F)c(F)c2)C1. The zero-order valence-electron chi connectivity index (χ0n) is 22.5. The Morgan fingerprint density at radius 3 is 2.49 bits per heavy atom. The summed E-state index contributed by atoms with van der Waals surface area (Å²) < 4.78 is 52.4. The maximum absolute atomic E-state index is 15.8. The Bertz CT molecular complexity index is 1240. The molecule has 0 bridgehead atoms. The average Bonchev–Trinajstić information content (AvgIpc) is 3.41. The minimum absolute atomic E-state index is 0.0521. The summed E-state index contributed by atoms with van der Waals surface area (Å²) in [7, 11) is 0. The molecule has 0 radical (unpaired) electrons. The number of ether oxygens (including phenoxy) is 1. The molecule has 37 heavy (non-hydrogen) atoms. The van der Waals surface area contributed by atoms with Gasteiger partial charge in [0, 0.05) is 59.5 Å². The maximum atomic E-state index is 15.8. The molecule has 0 amide bonds. The number of hydrogen-bond acceptors (Lipinski definition) is 3. The van der Waals surface area contributed by atoms with Crippen LogP contribution in [0.15, 0.2) is 36.4 Å². The summed E-state index contributed by atoms with van der Waals surface area (Å²) in [4.78, 5) is 7.65. The molecule has 1 N–H and O–H groups in total. The highest BCUT2D eigenvalue weighted by Crippen LogP contribution is 2.43. The molecule has 2 aromatic carbocycles. The number of aromatic nitrogens is 1. The van der Waals surface area contributed by atoms with E-state index in [1.807, 2.05) is 36.1 Å². The maximum Gasteiger partial charge on any atom is 0.135 e. The van der Waals surface area contributed by atoms with Crippen molar-refractivity contribution in [2.75, 3.05) is 26.2 Å². The molecule has 1 saturated heterocycles. The number of nitrogens with one attached hydrogen (secondary N) is 1. The minimum atomic E-state index is -1.53. The average molecular weight is 514 g/mol. The van der Waals surface area contributed by atoms with Crippen molar-refractivity contribution in [1.82, 2.24) is 14.8 Å². The summed E-state index contributed by atoms with van der Waals surface area (Å²) in [6, 6.07) is 9.71. The van der Waals surface area contributed by atoms with Gasteiger partial charge in [-0.2, -0.15) is 0 Å². The van der Waals surface area contributed by atoms with E-state index in [0.29, 0.717) is 18.9 Å². The second-order valence-electron chi connectivity index (χ2n) is 11.8. The van der Waals surface area contributed by atoms with Gasteiger partial charge >= 0.3 is 0 Å². The van der Waals surface area contributed by atoms with Crippen LogP contribution in [0.25, 0.3) is 10.9 Å². The number of hydrogen-bond donors (Lipinski definition) is 1. The normalized spacial score (nSPS) is 23.9. The summed E-state index contributed by atoms with van der Waals surface area (Å²) in [5.41, 5.74) is 1.07. The van der Waals surface area contributed by atoms with Crippen molar-refractivity contribution in [3.8, 4) is 5.75 Å². The third kappa shape index (κ3) is 5.26. The fourth-order valence-corrected chi connectivity index (χ4v) is 6.10. The first-order chi connectivity index (χ1) is 17.5. The summed E-state index contributed by atoms with van der Waals surface area (Å²) in [6.45, 7) is 11.8. The predicted octanol–water partition coefficient (Wildman–Crippen LogP) is 6.64. The zero-order chi connectivity index (χ0) is 26.5. The highest BCUT2D eigenvalue weighted by Gasteiger charge is 2.41. The molecular formula is C30H38F3N3O. The summed E-state index contributed by atoms with van der Waals surface area (Å²) in [5, 5.41) is 1.04. The molecule has 1 fully saturated rings. The van der Waals surface area contributed by atoms with Crippen LogP contribution >= 0.6 is 0 Å². The Balaban J connectivity index is 1.50. The fraction of sp³-hybridized carbons (Fsp3) is 0.533. The molecule has 1 aromatic heterocycles. The van der Waals surface area contributed by atoms with Crippen LogP contribution in [0.3, 0.4) is 0 Å². The standard InChI is InChI=1S/C30H38F3N3O/c1-18-10-11-35(15-18)20(3)16-37-21-13-24(31)27(25(32)14-21)29-28-23(22-8-6-7-9-26(22)34-28)12-19(2)36(29)17-30(4,5)33/h6-9,13-14,18-20,29,34H,10-12,15-17H2,1-5H3/t18-,19-,20+,29-/m1/s1. The van der Waals surface area contributed by atoms with Crippen LogP contribution in [-0.4, -0.2) is 58.8 Å². The van der Waals surface area contributed by atoms with Crippen LogP contribution in [0, 0.1) is 17.6 Å². The molecule has 0 aliphatic carbocycles. The quantitative estimate of drug-likeness (QED) is 0.384. The summed E-state index contributed by atoms with van der Waals surface area (Å²) in [5.74, 6) is -0.525. The molecule has 7 heteroatoms. The smallest absolute Gasteiger partial charge is 0.135 e. The number of aromatic amines is 1. The van der Waals surface area contributed by atoms with Gasteiger partial charge in [0.2, 0.25) is 0 Å². The van der Waals surface area contributed by atoms with E-state index in [1.165, 1.54) is 26.0 Å². The number of fused-ring (bicyclic) bond motifs is 3. The highest BCUT2D eigenvalue weighted by molar-refractivity contribution is 5.85. The van der Waals surface area contributed by atoms with E-state index in [4.69, 9.17) is 4.74 Å². The number of H-pyrrole nitrogens is 1. The van der Waals surface area contributed by atoms with Gasteiger partial charge in [0.15, 0.2) is 0 Å². The third-order valence-corrected chi connectivity index (χ3v) is 7.97. The number of likely N-dealkylation sites (tertiary alicyclic amines) is 1. The Morgan fingerprint density at radius 2 is 1.84 bits per heavy atom. The summed E-state index contributed by atoms with van der Waals surface area (Å²) in [6.07, 6.45) is 1.83. The fourth-order valence-electron chi connectivity index (χ4n) is 6.10. The lowest BCUT2D eigenvalue weighted by Crippen LogP contribution is -2.48. The lowest BCUT2D eigenvalue weighted by molar-refractivity contribution is 0.0642. The largest absolute Gasteiger partial charge is 0.492 e. The van der Waals surface area contributed by atoms with Crippen LogP contribution in [0.4, 0.5) is 13.2 Å². The molecule has 0 saturated carbocycles. The predicted molar refractivity (Wildman–Crippen MR) is 142 cm³/mol. The van der Waals surface area contributed by atoms with Crippen LogP contribution in [0.5, 0.6) is 5.75 Å². The first kappa shape index (κ1) is 26.1.